The SMILES string of the molecule is CC(C)C(C)C(C)C.CC1(C)CCC(C)(C(F)(F)F)CC1.CC1C(C)(C)CC(C)(C)CC1(C)C.CC1CCC(C)(C(F)(F)F)CC1.Cc1ccc(C(C)C)cc1.Cc1ccc(C)cc1.Cc1ccc(CC(C)(C)C)cc1. The highest BCUT2D eigenvalue weighted by Gasteiger charge is 2.53. The first-order chi connectivity index (χ1) is 34.1. The smallest absolute Gasteiger partial charge is 0.171 e. The molecule has 0 bridgehead atoms. The molecule has 440 valence electrons. The molecule has 0 nitrogen and oxygen atoms in total. The van der Waals surface area contributed by atoms with E-state index in [1.165, 1.54) is 60.1 Å². The number of hydrogen-bond donors (Lipinski definition) is 0. The molecular formula is C70H118F6. The second-order valence-corrected chi connectivity index (χ2v) is 30.0. The zero-order chi connectivity index (χ0) is 59.7. The fourth-order valence-corrected chi connectivity index (χ4v) is 11.0. The van der Waals surface area contributed by atoms with Crippen LogP contribution in [0.15, 0.2) is 72.8 Å². The molecular weight excluding hydrogens is 955 g/mol. The Morgan fingerprint density at radius 2 is 0.750 bits per heavy atom. The topological polar surface area (TPSA) is 0 Å². The van der Waals surface area contributed by atoms with Crippen molar-refractivity contribution in [1.29, 1.82) is 0 Å². The van der Waals surface area contributed by atoms with Gasteiger partial charge in [-0.2, -0.15) is 26.3 Å². The molecule has 0 N–H and O–H groups in total. The molecule has 0 atom stereocenters. The molecule has 0 saturated heterocycles. The summed E-state index contributed by atoms with van der Waals surface area (Å²) in [5, 5.41) is 0. The Balaban J connectivity index is 0.000000870. The largest absolute Gasteiger partial charge is 0.394 e. The lowest BCUT2D eigenvalue weighted by Gasteiger charge is -2.54. The van der Waals surface area contributed by atoms with Crippen LogP contribution in [0.4, 0.5) is 26.3 Å². The quantitative estimate of drug-likeness (QED) is 0.229. The van der Waals surface area contributed by atoms with Gasteiger partial charge in [0.2, 0.25) is 0 Å². The van der Waals surface area contributed by atoms with Crippen molar-refractivity contribution in [3.05, 3.63) is 106 Å². The van der Waals surface area contributed by atoms with Gasteiger partial charge in [0.1, 0.15) is 0 Å². The fraction of sp³-hybridized carbons (Fsp3) is 0.743. The summed E-state index contributed by atoms with van der Waals surface area (Å²) in [6.45, 7) is 56.9. The number of alkyl halides is 6. The molecule has 3 aliphatic rings. The summed E-state index contributed by atoms with van der Waals surface area (Å²) in [6, 6.07) is 26.0. The van der Waals surface area contributed by atoms with Crippen LogP contribution in [0.3, 0.4) is 0 Å². The van der Waals surface area contributed by atoms with E-state index in [0.29, 0.717) is 59.2 Å². The average Bonchev–Trinajstić information content (AvgIpc) is 3.26. The highest BCUT2D eigenvalue weighted by atomic mass is 19.4. The Morgan fingerprint density at radius 1 is 0.447 bits per heavy atom. The van der Waals surface area contributed by atoms with E-state index in [2.05, 4.69) is 218 Å². The van der Waals surface area contributed by atoms with Crippen LogP contribution in [0.1, 0.15) is 256 Å². The number of hydrogen-bond acceptors (Lipinski definition) is 0. The van der Waals surface area contributed by atoms with Gasteiger partial charge in [0.15, 0.2) is 0 Å². The van der Waals surface area contributed by atoms with E-state index in [4.69, 9.17) is 0 Å². The van der Waals surface area contributed by atoms with Crippen LogP contribution in [-0.4, -0.2) is 12.4 Å². The lowest BCUT2D eigenvalue weighted by atomic mass is 9.51. The highest BCUT2D eigenvalue weighted by molar-refractivity contribution is 5.24. The average molecular weight is 1070 g/mol. The van der Waals surface area contributed by atoms with E-state index < -0.39 is 23.2 Å². The molecule has 0 radical (unpaired) electrons. The Labute approximate surface area is 467 Å². The molecule has 6 rings (SSSR count). The van der Waals surface area contributed by atoms with Gasteiger partial charge in [0, 0.05) is 0 Å². The minimum absolute atomic E-state index is 0.102. The van der Waals surface area contributed by atoms with Gasteiger partial charge in [-0.1, -0.05) is 247 Å². The monoisotopic (exact) mass is 1070 g/mol. The standard InChI is InChI=1S/C13H26.C12H18.C10H17F3.C10H14.C9H15F3.C8H10.C8H18/c1-10-12(4,5)8-11(2,3)9-13(10,6)7;1-10-5-7-11(8-6-10)9-12(2,3)4;1-8(2)4-6-9(3,7-5-8)10(11,12)13;1-8(2)10-6-4-9(3)5-7-10;1-7-3-5-8(2,6-4-7)9(10,11)12;1-7-3-5-8(2)6-4-7;1-6(2)8(5)7(3)4/h10H,8-9H2,1-7H3;5-8H,9H2,1-4H3;4-7H2,1-3H3;4-8H,1-3H3;7H,3-6H2,1-2H3;3-6H,1-2H3;6-8H,1-5H3. The zero-order valence-electron chi connectivity index (χ0n) is 53.9. The fourth-order valence-electron chi connectivity index (χ4n) is 11.0. The van der Waals surface area contributed by atoms with Crippen molar-refractivity contribution in [3.63, 3.8) is 0 Å². The number of aryl methyl sites for hydroxylation is 4. The van der Waals surface area contributed by atoms with E-state index in [9.17, 15) is 26.3 Å². The van der Waals surface area contributed by atoms with Crippen molar-refractivity contribution in [2.45, 2.75) is 269 Å². The third kappa shape index (κ3) is 27.9. The maximum atomic E-state index is 12.6. The van der Waals surface area contributed by atoms with E-state index in [0.717, 1.165) is 42.9 Å². The number of rotatable bonds is 4. The first-order valence-electron chi connectivity index (χ1n) is 29.4. The molecule has 3 saturated carbocycles. The van der Waals surface area contributed by atoms with Crippen LogP contribution in [0.2, 0.25) is 0 Å². The number of halogens is 6. The van der Waals surface area contributed by atoms with Crippen molar-refractivity contribution in [2.75, 3.05) is 0 Å². The Morgan fingerprint density at radius 3 is 1.03 bits per heavy atom. The highest BCUT2D eigenvalue weighted by Crippen LogP contribution is 2.57. The summed E-state index contributed by atoms with van der Waals surface area (Å²) in [5.41, 5.74) is 7.40. The van der Waals surface area contributed by atoms with Gasteiger partial charge >= 0.3 is 12.4 Å². The van der Waals surface area contributed by atoms with Gasteiger partial charge in [-0.3, -0.25) is 0 Å². The maximum Gasteiger partial charge on any atom is 0.394 e. The summed E-state index contributed by atoms with van der Waals surface area (Å²) in [4.78, 5) is 0. The Bertz CT molecular complexity index is 1950. The molecule has 0 aromatic heterocycles. The molecule has 3 fully saturated rings. The molecule has 76 heavy (non-hydrogen) atoms. The van der Waals surface area contributed by atoms with Gasteiger partial charge in [-0.05, 0) is 172 Å². The van der Waals surface area contributed by atoms with Crippen molar-refractivity contribution >= 4 is 0 Å². The van der Waals surface area contributed by atoms with Crippen LogP contribution >= 0.6 is 0 Å². The van der Waals surface area contributed by atoms with Crippen LogP contribution in [0.25, 0.3) is 0 Å². The Hall–Kier alpha value is -2.76. The van der Waals surface area contributed by atoms with Crippen LogP contribution in [0.5, 0.6) is 0 Å². The molecule has 0 unspecified atom stereocenters. The predicted molar refractivity (Wildman–Crippen MR) is 322 cm³/mol. The molecule has 0 spiro atoms. The number of benzene rings is 3. The van der Waals surface area contributed by atoms with Crippen molar-refractivity contribution in [2.24, 2.45) is 67.5 Å². The minimum atomic E-state index is -4.02. The van der Waals surface area contributed by atoms with Gasteiger partial charge in [-0.25, -0.2) is 0 Å². The molecule has 0 amide bonds. The maximum absolute atomic E-state index is 12.6. The van der Waals surface area contributed by atoms with Crippen LogP contribution in [0, 0.1) is 95.2 Å². The zero-order valence-corrected chi connectivity index (χ0v) is 53.9. The van der Waals surface area contributed by atoms with E-state index in [1.807, 2.05) is 20.8 Å². The van der Waals surface area contributed by atoms with Crippen LogP contribution < -0.4 is 0 Å². The lowest BCUT2D eigenvalue weighted by Crippen LogP contribution is -2.45. The summed E-state index contributed by atoms with van der Waals surface area (Å²) < 4.78 is 75.1. The molecule has 6 heteroatoms. The van der Waals surface area contributed by atoms with Crippen molar-refractivity contribution < 1.29 is 26.3 Å². The van der Waals surface area contributed by atoms with Gasteiger partial charge in [0.25, 0.3) is 0 Å². The lowest BCUT2D eigenvalue weighted by molar-refractivity contribution is -0.232. The third-order valence-corrected chi connectivity index (χ3v) is 17.6. The Kier molecular flexibility index (Phi) is 29.1. The molecule has 0 aliphatic heterocycles. The van der Waals surface area contributed by atoms with Gasteiger partial charge in [-0.15, -0.1) is 0 Å². The van der Waals surface area contributed by atoms with Gasteiger partial charge in [0.05, 0.1) is 10.8 Å². The van der Waals surface area contributed by atoms with E-state index in [-0.39, 0.29) is 18.3 Å². The molecule has 3 aromatic carbocycles. The molecule has 3 aliphatic carbocycles. The van der Waals surface area contributed by atoms with Crippen LogP contribution in [-0.2, 0) is 6.42 Å². The molecule has 3 aromatic rings. The first-order valence-corrected chi connectivity index (χ1v) is 29.4. The van der Waals surface area contributed by atoms with Crippen molar-refractivity contribution in [3.8, 4) is 0 Å². The van der Waals surface area contributed by atoms with Gasteiger partial charge < -0.3 is 0 Å². The summed E-state index contributed by atoms with van der Waals surface area (Å²) in [6.07, 6.45) is -0.167. The van der Waals surface area contributed by atoms with E-state index >= 15 is 0 Å². The second kappa shape index (κ2) is 30.2. The summed E-state index contributed by atoms with van der Waals surface area (Å²) >= 11 is 0. The second-order valence-electron chi connectivity index (χ2n) is 30.0. The first kappa shape index (κ1) is 73.2. The van der Waals surface area contributed by atoms with E-state index in [1.54, 1.807) is 0 Å². The molecule has 0 heterocycles. The summed E-state index contributed by atoms with van der Waals surface area (Å²) in [5.74, 6) is 4.51. The van der Waals surface area contributed by atoms with Crippen molar-refractivity contribution in [1.82, 2.24) is 0 Å². The minimum Gasteiger partial charge on any atom is -0.171 e. The normalized spacial score (nSPS) is 21.6. The third-order valence-electron chi connectivity index (χ3n) is 17.6. The predicted octanol–water partition coefficient (Wildman–Crippen LogP) is 24.4. The summed E-state index contributed by atoms with van der Waals surface area (Å²) in [7, 11) is 0.